The van der Waals surface area contributed by atoms with Crippen LogP contribution in [-0.2, 0) is 17.8 Å². The zero-order chi connectivity index (χ0) is 11.4. The molecule has 0 radical (unpaired) electrons. The molecule has 16 heavy (non-hydrogen) atoms. The summed E-state index contributed by atoms with van der Waals surface area (Å²) in [7, 11) is 1.66. The molecular weight excluding hydrogens is 206 g/mol. The Balaban J connectivity index is 2.04. The molecule has 0 bridgehead atoms. The van der Waals surface area contributed by atoms with Crippen molar-refractivity contribution in [3.05, 3.63) is 23.7 Å². The van der Waals surface area contributed by atoms with Crippen LogP contribution in [0.4, 0.5) is 0 Å². The Morgan fingerprint density at radius 3 is 2.94 bits per heavy atom. The van der Waals surface area contributed by atoms with Crippen LogP contribution in [0.1, 0.15) is 24.2 Å². The monoisotopic (exact) mass is 225 g/mol. The standard InChI is InChI=1S/C12H19NO3/c1-15-9-10-2-7-16-11(10)8-12(14)3-5-13-6-4-12/h2,7,13-14H,3-6,8-9H2,1H3. The minimum Gasteiger partial charge on any atom is -0.469 e. The van der Waals surface area contributed by atoms with E-state index < -0.39 is 5.60 Å². The Morgan fingerprint density at radius 1 is 1.50 bits per heavy atom. The van der Waals surface area contributed by atoms with Gasteiger partial charge in [-0.25, -0.2) is 0 Å². The van der Waals surface area contributed by atoms with Gasteiger partial charge in [-0.1, -0.05) is 0 Å². The third-order valence-electron chi connectivity index (χ3n) is 3.16. The predicted molar refractivity (Wildman–Crippen MR) is 60.2 cm³/mol. The van der Waals surface area contributed by atoms with Gasteiger partial charge in [0.1, 0.15) is 5.76 Å². The fourth-order valence-electron chi connectivity index (χ4n) is 2.17. The first-order valence-electron chi connectivity index (χ1n) is 5.71. The highest BCUT2D eigenvalue weighted by atomic mass is 16.5. The van der Waals surface area contributed by atoms with Crippen molar-refractivity contribution >= 4 is 0 Å². The molecule has 1 aromatic heterocycles. The largest absolute Gasteiger partial charge is 0.469 e. The van der Waals surface area contributed by atoms with Crippen LogP contribution in [-0.4, -0.2) is 30.9 Å². The van der Waals surface area contributed by atoms with Gasteiger partial charge in [0.15, 0.2) is 0 Å². The summed E-state index contributed by atoms with van der Waals surface area (Å²) >= 11 is 0. The lowest BCUT2D eigenvalue weighted by molar-refractivity contribution is 0.00599. The molecule has 2 rings (SSSR count). The molecule has 90 valence electrons. The van der Waals surface area contributed by atoms with Crippen molar-refractivity contribution in [3.8, 4) is 0 Å². The van der Waals surface area contributed by atoms with Crippen LogP contribution < -0.4 is 5.32 Å². The molecule has 1 saturated heterocycles. The topological polar surface area (TPSA) is 54.6 Å². The fourth-order valence-corrected chi connectivity index (χ4v) is 2.17. The minimum atomic E-state index is -0.619. The van der Waals surface area contributed by atoms with Crippen LogP contribution in [0.3, 0.4) is 0 Å². The zero-order valence-corrected chi connectivity index (χ0v) is 9.66. The summed E-state index contributed by atoms with van der Waals surface area (Å²) in [6, 6.07) is 1.91. The highest BCUT2D eigenvalue weighted by Gasteiger charge is 2.31. The Labute approximate surface area is 95.6 Å². The number of hydrogen-bond acceptors (Lipinski definition) is 4. The van der Waals surface area contributed by atoms with E-state index in [0.717, 1.165) is 37.3 Å². The van der Waals surface area contributed by atoms with E-state index in [2.05, 4.69) is 5.32 Å². The average molecular weight is 225 g/mol. The molecule has 0 spiro atoms. The predicted octanol–water partition coefficient (Wildman–Crippen LogP) is 1.08. The molecule has 0 unspecified atom stereocenters. The summed E-state index contributed by atoms with van der Waals surface area (Å²) in [6.07, 6.45) is 3.80. The molecule has 0 atom stereocenters. The second-order valence-electron chi connectivity index (χ2n) is 4.45. The molecule has 1 aliphatic rings. The molecule has 1 aromatic rings. The Bertz CT molecular complexity index is 329. The van der Waals surface area contributed by atoms with E-state index in [-0.39, 0.29) is 0 Å². The van der Waals surface area contributed by atoms with Gasteiger partial charge in [0.2, 0.25) is 0 Å². The summed E-state index contributed by atoms with van der Waals surface area (Å²) in [5.74, 6) is 0.853. The molecule has 4 nitrogen and oxygen atoms in total. The molecule has 0 aliphatic carbocycles. The Hall–Kier alpha value is -0.840. The summed E-state index contributed by atoms with van der Waals surface area (Å²) in [5, 5.41) is 13.6. The molecule has 0 amide bonds. The van der Waals surface area contributed by atoms with Gasteiger partial charge in [0, 0.05) is 19.1 Å². The van der Waals surface area contributed by atoms with E-state index >= 15 is 0 Å². The number of methoxy groups -OCH3 is 1. The van der Waals surface area contributed by atoms with Gasteiger partial charge in [-0.2, -0.15) is 0 Å². The van der Waals surface area contributed by atoms with Gasteiger partial charge in [0.05, 0.1) is 18.5 Å². The van der Waals surface area contributed by atoms with Crippen LogP contribution in [0.15, 0.2) is 16.7 Å². The summed E-state index contributed by atoms with van der Waals surface area (Å²) in [4.78, 5) is 0. The molecule has 2 heterocycles. The van der Waals surface area contributed by atoms with Gasteiger partial charge in [0.25, 0.3) is 0 Å². The number of aliphatic hydroxyl groups is 1. The van der Waals surface area contributed by atoms with Crippen LogP contribution >= 0.6 is 0 Å². The lowest BCUT2D eigenvalue weighted by atomic mass is 9.87. The van der Waals surface area contributed by atoms with E-state index in [0.29, 0.717) is 13.0 Å². The van der Waals surface area contributed by atoms with E-state index in [1.807, 2.05) is 6.07 Å². The SMILES string of the molecule is COCc1ccoc1CC1(O)CCNCC1. The molecule has 2 N–H and O–H groups in total. The van der Waals surface area contributed by atoms with E-state index in [9.17, 15) is 5.11 Å². The van der Waals surface area contributed by atoms with Gasteiger partial charge in [-0.15, -0.1) is 0 Å². The highest BCUT2D eigenvalue weighted by Crippen LogP contribution is 2.25. The Morgan fingerprint density at radius 2 is 2.25 bits per heavy atom. The van der Waals surface area contributed by atoms with Crippen molar-refractivity contribution < 1.29 is 14.3 Å². The van der Waals surface area contributed by atoms with Crippen molar-refractivity contribution in [2.45, 2.75) is 31.5 Å². The third-order valence-corrected chi connectivity index (χ3v) is 3.16. The molecule has 0 aromatic carbocycles. The van der Waals surface area contributed by atoms with Crippen molar-refractivity contribution in [2.24, 2.45) is 0 Å². The van der Waals surface area contributed by atoms with Crippen LogP contribution in [0.2, 0.25) is 0 Å². The van der Waals surface area contributed by atoms with Crippen molar-refractivity contribution in [2.75, 3.05) is 20.2 Å². The maximum atomic E-state index is 10.4. The number of ether oxygens (including phenoxy) is 1. The summed E-state index contributed by atoms with van der Waals surface area (Å²) in [6.45, 7) is 2.29. The lowest BCUT2D eigenvalue weighted by Crippen LogP contribution is -2.43. The molecule has 1 aliphatic heterocycles. The van der Waals surface area contributed by atoms with Crippen molar-refractivity contribution in [3.63, 3.8) is 0 Å². The molecule has 1 fully saturated rings. The maximum absolute atomic E-state index is 10.4. The quantitative estimate of drug-likeness (QED) is 0.805. The normalized spacial score (nSPS) is 19.9. The van der Waals surface area contributed by atoms with E-state index in [1.165, 1.54) is 0 Å². The first kappa shape index (κ1) is 11.6. The Kier molecular flexibility index (Phi) is 3.63. The smallest absolute Gasteiger partial charge is 0.112 e. The minimum absolute atomic E-state index is 0.542. The van der Waals surface area contributed by atoms with Crippen LogP contribution in [0, 0.1) is 0 Å². The number of nitrogens with one attached hydrogen (secondary N) is 1. The van der Waals surface area contributed by atoms with Gasteiger partial charge in [-0.05, 0) is 32.0 Å². The summed E-state index contributed by atoms with van der Waals surface area (Å²) < 4.78 is 10.5. The number of hydrogen-bond donors (Lipinski definition) is 2. The lowest BCUT2D eigenvalue weighted by Gasteiger charge is -2.32. The van der Waals surface area contributed by atoms with Gasteiger partial charge >= 0.3 is 0 Å². The number of piperidine rings is 1. The number of rotatable bonds is 4. The second kappa shape index (κ2) is 4.99. The van der Waals surface area contributed by atoms with Gasteiger partial charge in [-0.3, -0.25) is 0 Å². The van der Waals surface area contributed by atoms with E-state index in [1.54, 1.807) is 13.4 Å². The fraction of sp³-hybridized carbons (Fsp3) is 0.667. The first-order chi connectivity index (χ1) is 7.73. The van der Waals surface area contributed by atoms with E-state index in [4.69, 9.17) is 9.15 Å². The molecule has 4 heteroatoms. The second-order valence-corrected chi connectivity index (χ2v) is 4.45. The average Bonchev–Trinajstić information content (AvgIpc) is 2.67. The number of furan rings is 1. The van der Waals surface area contributed by atoms with Gasteiger partial charge < -0.3 is 19.6 Å². The highest BCUT2D eigenvalue weighted by molar-refractivity contribution is 5.18. The van der Waals surface area contributed by atoms with Crippen LogP contribution in [0.5, 0.6) is 0 Å². The molecule has 0 saturated carbocycles. The van der Waals surface area contributed by atoms with Crippen LogP contribution in [0.25, 0.3) is 0 Å². The van der Waals surface area contributed by atoms with Crippen molar-refractivity contribution in [1.82, 2.24) is 5.32 Å². The molecular formula is C12H19NO3. The third kappa shape index (κ3) is 2.64. The first-order valence-corrected chi connectivity index (χ1v) is 5.71. The maximum Gasteiger partial charge on any atom is 0.112 e. The zero-order valence-electron chi connectivity index (χ0n) is 9.66. The van der Waals surface area contributed by atoms with Crippen molar-refractivity contribution in [1.29, 1.82) is 0 Å². The summed E-state index contributed by atoms with van der Waals surface area (Å²) in [5.41, 5.74) is 0.417.